The van der Waals surface area contributed by atoms with Crippen molar-refractivity contribution in [2.75, 3.05) is 11.5 Å². The molecule has 0 radical (unpaired) electrons. The molecular formula is C23H16F12N2O2. The molecule has 0 saturated carbocycles. The standard InChI is InChI=1S/C23H16F12N2O2/c24-20(25,26)13-6-4-11(9-16(13)36)38-19(39-12-5-7-14(17(37)10-12)21(27,28)29)8-2-1-3-15(19)18(22(30,31)32)23(33,34)35/h1-10,15,18H,36-37H2. The Labute approximate surface area is 211 Å². The molecule has 0 aliphatic heterocycles. The fourth-order valence-corrected chi connectivity index (χ4v) is 3.87. The number of nitrogen functional groups attached to an aromatic ring is 2. The molecular weight excluding hydrogens is 564 g/mol. The molecule has 2 aromatic rings. The zero-order valence-electron chi connectivity index (χ0n) is 18.9. The van der Waals surface area contributed by atoms with Crippen LogP contribution in [-0.4, -0.2) is 18.1 Å². The summed E-state index contributed by atoms with van der Waals surface area (Å²) in [6.07, 6.45) is -19.0. The van der Waals surface area contributed by atoms with Gasteiger partial charge in [0.15, 0.2) is 5.92 Å². The van der Waals surface area contributed by atoms with Crippen LogP contribution in [0, 0.1) is 11.8 Å². The third-order valence-electron chi connectivity index (χ3n) is 5.50. The molecule has 0 amide bonds. The molecule has 214 valence electrons. The van der Waals surface area contributed by atoms with Gasteiger partial charge in [0, 0.05) is 29.6 Å². The first-order chi connectivity index (χ1) is 17.6. The van der Waals surface area contributed by atoms with Gasteiger partial charge in [0.05, 0.1) is 17.0 Å². The quantitative estimate of drug-likeness (QED) is 0.218. The number of anilines is 2. The van der Waals surface area contributed by atoms with Crippen molar-refractivity contribution in [2.24, 2.45) is 11.8 Å². The van der Waals surface area contributed by atoms with Crippen molar-refractivity contribution >= 4 is 11.4 Å². The van der Waals surface area contributed by atoms with Crippen LogP contribution in [0.4, 0.5) is 64.1 Å². The highest BCUT2D eigenvalue weighted by Crippen LogP contribution is 2.51. The molecule has 1 aliphatic rings. The molecule has 0 bridgehead atoms. The van der Waals surface area contributed by atoms with Crippen LogP contribution < -0.4 is 20.9 Å². The van der Waals surface area contributed by atoms with Gasteiger partial charge in [-0.15, -0.1) is 0 Å². The smallest absolute Gasteiger partial charge is 0.418 e. The van der Waals surface area contributed by atoms with Crippen LogP contribution in [0.2, 0.25) is 0 Å². The highest BCUT2D eigenvalue weighted by Gasteiger charge is 2.65. The lowest BCUT2D eigenvalue weighted by atomic mass is 9.80. The van der Waals surface area contributed by atoms with Crippen LogP contribution >= 0.6 is 0 Å². The number of nitrogens with two attached hydrogens (primary N) is 2. The van der Waals surface area contributed by atoms with E-state index in [1.807, 2.05) is 0 Å². The third kappa shape index (κ3) is 6.47. The van der Waals surface area contributed by atoms with Crippen LogP contribution in [0.3, 0.4) is 0 Å². The average Bonchev–Trinajstić information content (AvgIpc) is 2.71. The summed E-state index contributed by atoms with van der Waals surface area (Å²) >= 11 is 0. The van der Waals surface area contributed by atoms with Crippen molar-refractivity contribution in [3.8, 4) is 11.5 Å². The predicted molar refractivity (Wildman–Crippen MR) is 113 cm³/mol. The molecule has 0 heterocycles. The van der Waals surface area contributed by atoms with Crippen molar-refractivity contribution in [2.45, 2.75) is 30.5 Å². The molecule has 39 heavy (non-hydrogen) atoms. The van der Waals surface area contributed by atoms with Crippen LogP contribution in [0.5, 0.6) is 11.5 Å². The Morgan fingerprint density at radius 2 is 1.05 bits per heavy atom. The fourth-order valence-electron chi connectivity index (χ4n) is 3.87. The van der Waals surface area contributed by atoms with Crippen molar-refractivity contribution in [3.05, 3.63) is 71.8 Å². The first-order valence-corrected chi connectivity index (χ1v) is 10.5. The van der Waals surface area contributed by atoms with Gasteiger partial charge in [0.25, 0.3) is 5.79 Å². The number of halogens is 12. The lowest BCUT2D eigenvalue weighted by Gasteiger charge is -2.42. The Kier molecular flexibility index (Phi) is 7.49. The molecule has 3 rings (SSSR count). The lowest BCUT2D eigenvalue weighted by Crippen LogP contribution is -2.56. The minimum Gasteiger partial charge on any atom is -0.448 e. The fraction of sp³-hybridized carbons (Fsp3) is 0.304. The molecule has 4 N–H and O–H groups in total. The van der Waals surface area contributed by atoms with Crippen molar-refractivity contribution in [1.29, 1.82) is 0 Å². The van der Waals surface area contributed by atoms with E-state index in [1.165, 1.54) is 0 Å². The van der Waals surface area contributed by atoms with Crippen molar-refractivity contribution in [1.82, 2.24) is 0 Å². The van der Waals surface area contributed by atoms with Gasteiger partial charge in [0.2, 0.25) is 0 Å². The van der Waals surface area contributed by atoms with Gasteiger partial charge in [-0.05, 0) is 24.3 Å². The van der Waals surface area contributed by atoms with E-state index >= 15 is 0 Å². The summed E-state index contributed by atoms with van der Waals surface area (Å²) in [4.78, 5) is 0. The zero-order valence-corrected chi connectivity index (χ0v) is 18.9. The molecule has 1 aliphatic carbocycles. The summed E-state index contributed by atoms with van der Waals surface area (Å²) in [5, 5.41) is 0. The van der Waals surface area contributed by atoms with Gasteiger partial charge in [-0.1, -0.05) is 18.2 Å². The minimum absolute atomic E-state index is 0.372. The summed E-state index contributed by atoms with van der Waals surface area (Å²) in [7, 11) is 0. The molecule has 0 spiro atoms. The molecule has 4 nitrogen and oxygen atoms in total. The van der Waals surface area contributed by atoms with Gasteiger partial charge >= 0.3 is 24.7 Å². The maximum Gasteiger partial charge on any atom is 0.418 e. The van der Waals surface area contributed by atoms with E-state index in [9.17, 15) is 52.7 Å². The Bertz CT molecular complexity index is 1180. The minimum atomic E-state index is -5.95. The van der Waals surface area contributed by atoms with E-state index < -0.39 is 76.3 Å². The average molecular weight is 580 g/mol. The first kappa shape index (κ1) is 29.8. The number of allylic oxidation sites excluding steroid dienone is 2. The molecule has 0 saturated heterocycles. The Balaban J connectivity index is 2.19. The van der Waals surface area contributed by atoms with E-state index in [-0.39, 0.29) is 0 Å². The monoisotopic (exact) mass is 580 g/mol. The topological polar surface area (TPSA) is 70.5 Å². The number of benzene rings is 2. The van der Waals surface area contributed by atoms with E-state index in [0.717, 1.165) is 12.2 Å². The normalized spacial score (nSPS) is 17.9. The summed E-state index contributed by atoms with van der Waals surface area (Å²) in [5.41, 5.74) is 6.01. The third-order valence-corrected chi connectivity index (χ3v) is 5.50. The lowest BCUT2D eigenvalue weighted by molar-refractivity contribution is -0.314. The second kappa shape index (κ2) is 9.79. The summed E-state index contributed by atoms with van der Waals surface area (Å²) in [5.74, 6) is -11.5. The van der Waals surface area contributed by atoms with Crippen LogP contribution in [0.15, 0.2) is 60.7 Å². The SMILES string of the molecule is Nc1cc(OC2(Oc3ccc(C(F)(F)F)c(N)c3)C=CC=CC2C(C(F)(F)F)C(F)(F)F)ccc1C(F)(F)F. The highest BCUT2D eigenvalue weighted by atomic mass is 19.4. The van der Waals surface area contributed by atoms with Crippen LogP contribution in [-0.2, 0) is 12.4 Å². The van der Waals surface area contributed by atoms with E-state index in [1.54, 1.807) is 0 Å². The largest absolute Gasteiger partial charge is 0.448 e. The van der Waals surface area contributed by atoms with Crippen LogP contribution in [0.1, 0.15) is 11.1 Å². The Morgan fingerprint density at radius 1 is 0.641 bits per heavy atom. The van der Waals surface area contributed by atoms with Gasteiger partial charge in [-0.2, -0.15) is 52.7 Å². The number of hydrogen-bond donors (Lipinski definition) is 2. The Morgan fingerprint density at radius 3 is 1.38 bits per heavy atom. The van der Waals surface area contributed by atoms with Crippen LogP contribution in [0.25, 0.3) is 0 Å². The summed E-state index contributed by atoms with van der Waals surface area (Å²) in [6.45, 7) is 0. The van der Waals surface area contributed by atoms with Gasteiger partial charge < -0.3 is 20.9 Å². The van der Waals surface area contributed by atoms with Crippen molar-refractivity contribution in [3.63, 3.8) is 0 Å². The maximum atomic E-state index is 13.7. The first-order valence-electron chi connectivity index (χ1n) is 10.5. The molecule has 16 heteroatoms. The number of alkyl halides is 12. The highest BCUT2D eigenvalue weighted by molar-refractivity contribution is 5.54. The maximum absolute atomic E-state index is 13.7. The number of rotatable bonds is 5. The van der Waals surface area contributed by atoms with Gasteiger partial charge in [0.1, 0.15) is 11.5 Å². The molecule has 0 aromatic heterocycles. The predicted octanol–water partition coefficient (Wildman–Crippen LogP) is 7.53. The molecule has 1 atom stereocenters. The summed E-state index contributed by atoms with van der Waals surface area (Å²) < 4.78 is 172. The van der Waals surface area contributed by atoms with Crippen molar-refractivity contribution < 1.29 is 62.2 Å². The second-order valence-corrected chi connectivity index (χ2v) is 8.25. The van der Waals surface area contributed by atoms with Gasteiger partial charge in [-0.25, -0.2) is 0 Å². The number of ether oxygens (including phenoxy) is 2. The summed E-state index contributed by atoms with van der Waals surface area (Å²) in [6, 6.07) is 2.88. The molecule has 2 aromatic carbocycles. The van der Waals surface area contributed by atoms with Gasteiger partial charge in [-0.3, -0.25) is 0 Å². The molecule has 0 fully saturated rings. The number of hydrogen-bond acceptors (Lipinski definition) is 4. The van der Waals surface area contributed by atoms with E-state index in [2.05, 4.69) is 0 Å². The zero-order chi connectivity index (χ0) is 29.6. The second-order valence-electron chi connectivity index (χ2n) is 8.25. The molecule has 1 unspecified atom stereocenters. The Hall–Kier alpha value is -3.72. The van der Waals surface area contributed by atoms with E-state index in [0.29, 0.717) is 48.6 Å². The van der Waals surface area contributed by atoms with E-state index in [4.69, 9.17) is 20.9 Å².